The number of halogens is 3. The Morgan fingerprint density at radius 1 is 1.07 bits per heavy atom. The van der Waals surface area contributed by atoms with Crippen LogP contribution in [-0.4, -0.2) is 24.4 Å². The number of carbonyl (C=O) groups excluding carboxylic acids is 1. The van der Waals surface area contributed by atoms with Crippen molar-refractivity contribution in [1.82, 2.24) is 0 Å². The van der Waals surface area contributed by atoms with Crippen LogP contribution in [0.25, 0.3) is 20.5 Å². The normalized spacial score (nSPS) is 21.5. The van der Waals surface area contributed by atoms with Gasteiger partial charge in [0.2, 0.25) is 0 Å². The van der Waals surface area contributed by atoms with Crippen molar-refractivity contribution in [2.45, 2.75) is 31.2 Å². The largest absolute Gasteiger partial charge is 0.490 e. The molecule has 3 unspecified atom stereocenters. The van der Waals surface area contributed by atoms with Gasteiger partial charge >= 0.3 is 12.1 Å². The van der Waals surface area contributed by atoms with Crippen molar-refractivity contribution in [3.63, 3.8) is 0 Å². The lowest BCUT2D eigenvalue weighted by Crippen LogP contribution is -2.41. The number of rotatable bonds is 5. The third kappa shape index (κ3) is 4.21. The molecule has 0 saturated heterocycles. The SMILES string of the molecule is C=CC(=O)OC1CCC(Oc2ccc3cc(-c4ccccc4)sc3c2)C1C(F)(F)F. The van der Waals surface area contributed by atoms with E-state index in [0.717, 1.165) is 26.6 Å². The van der Waals surface area contributed by atoms with Crippen molar-refractivity contribution in [3.8, 4) is 16.2 Å². The fraction of sp³-hybridized carbons (Fsp3) is 0.261. The molecule has 0 N–H and O–H groups in total. The summed E-state index contributed by atoms with van der Waals surface area (Å²) < 4.78 is 52.6. The topological polar surface area (TPSA) is 35.5 Å². The van der Waals surface area contributed by atoms with Crippen molar-refractivity contribution >= 4 is 27.4 Å². The van der Waals surface area contributed by atoms with E-state index in [1.54, 1.807) is 23.5 Å². The van der Waals surface area contributed by atoms with Crippen molar-refractivity contribution in [2.75, 3.05) is 0 Å². The molecule has 1 heterocycles. The number of thiophene rings is 1. The first kappa shape index (κ1) is 20.5. The number of hydrogen-bond donors (Lipinski definition) is 0. The van der Waals surface area contributed by atoms with E-state index in [2.05, 4.69) is 12.6 Å². The first-order valence-electron chi connectivity index (χ1n) is 9.50. The first-order valence-corrected chi connectivity index (χ1v) is 10.3. The first-order chi connectivity index (χ1) is 14.3. The summed E-state index contributed by atoms with van der Waals surface area (Å²) in [5, 5.41) is 1.00. The molecule has 1 aliphatic carbocycles. The molecular weight excluding hydrogens is 413 g/mol. The Morgan fingerprint density at radius 2 is 1.80 bits per heavy atom. The lowest BCUT2D eigenvalue weighted by Gasteiger charge is -2.27. The molecule has 156 valence electrons. The molecule has 3 aromatic rings. The number of hydrogen-bond acceptors (Lipinski definition) is 4. The smallest absolute Gasteiger partial charge is 0.398 e. The molecule has 7 heteroatoms. The van der Waals surface area contributed by atoms with Crippen LogP contribution in [0.2, 0.25) is 0 Å². The molecule has 0 spiro atoms. The van der Waals surface area contributed by atoms with E-state index in [1.807, 2.05) is 36.4 Å². The third-order valence-electron chi connectivity index (χ3n) is 5.19. The highest BCUT2D eigenvalue weighted by Gasteiger charge is 2.55. The van der Waals surface area contributed by atoms with E-state index in [-0.39, 0.29) is 12.8 Å². The van der Waals surface area contributed by atoms with Crippen LogP contribution in [0.5, 0.6) is 5.75 Å². The van der Waals surface area contributed by atoms with Gasteiger partial charge in [0.1, 0.15) is 23.9 Å². The average molecular weight is 432 g/mol. The monoisotopic (exact) mass is 432 g/mol. The van der Waals surface area contributed by atoms with Gasteiger partial charge in [-0.05, 0) is 48.1 Å². The van der Waals surface area contributed by atoms with Crippen molar-refractivity contribution in [1.29, 1.82) is 0 Å². The molecule has 1 fully saturated rings. The maximum absolute atomic E-state index is 13.7. The quantitative estimate of drug-likeness (QED) is 0.346. The molecule has 1 saturated carbocycles. The Labute approximate surface area is 175 Å². The highest BCUT2D eigenvalue weighted by molar-refractivity contribution is 7.22. The van der Waals surface area contributed by atoms with Gasteiger partial charge in [-0.3, -0.25) is 0 Å². The molecular formula is C23H19F3O3S. The number of benzene rings is 2. The van der Waals surface area contributed by atoms with Gasteiger partial charge in [0.25, 0.3) is 0 Å². The molecule has 3 nitrogen and oxygen atoms in total. The van der Waals surface area contributed by atoms with Gasteiger partial charge < -0.3 is 9.47 Å². The van der Waals surface area contributed by atoms with Crippen LogP contribution >= 0.6 is 11.3 Å². The van der Waals surface area contributed by atoms with Crippen LogP contribution in [0.15, 0.2) is 67.3 Å². The summed E-state index contributed by atoms with van der Waals surface area (Å²) in [7, 11) is 0. The second-order valence-corrected chi connectivity index (χ2v) is 8.24. The lowest BCUT2D eigenvalue weighted by atomic mass is 10.0. The molecule has 4 rings (SSSR count). The Kier molecular flexibility index (Phi) is 5.56. The third-order valence-corrected chi connectivity index (χ3v) is 6.33. The van der Waals surface area contributed by atoms with Gasteiger partial charge in [0, 0.05) is 15.7 Å². The zero-order valence-corrected chi connectivity index (χ0v) is 16.7. The Hall–Kier alpha value is -2.80. The predicted octanol–water partition coefficient (Wildman–Crippen LogP) is 6.39. The molecule has 0 aliphatic heterocycles. The maximum atomic E-state index is 13.7. The second kappa shape index (κ2) is 8.14. The minimum absolute atomic E-state index is 0.0911. The fourth-order valence-corrected chi connectivity index (χ4v) is 4.91. The molecule has 1 aliphatic rings. The Bertz CT molecular complexity index is 1060. The number of alkyl halides is 3. The summed E-state index contributed by atoms with van der Waals surface area (Å²) in [6.07, 6.45) is -5.81. The molecule has 0 radical (unpaired) electrons. The van der Waals surface area contributed by atoms with Gasteiger partial charge in [0.15, 0.2) is 0 Å². The van der Waals surface area contributed by atoms with Gasteiger partial charge in [-0.2, -0.15) is 13.2 Å². The van der Waals surface area contributed by atoms with Crippen LogP contribution in [0.1, 0.15) is 12.8 Å². The van der Waals surface area contributed by atoms with Crippen LogP contribution in [0.4, 0.5) is 13.2 Å². The molecule has 0 amide bonds. The molecule has 2 aromatic carbocycles. The zero-order chi connectivity index (χ0) is 21.3. The Morgan fingerprint density at radius 3 is 2.50 bits per heavy atom. The second-order valence-electron chi connectivity index (χ2n) is 7.16. The van der Waals surface area contributed by atoms with Crippen LogP contribution < -0.4 is 4.74 Å². The van der Waals surface area contributed by atoms with Gasteiger partial charge in [-0.1, -0.05) is 36.9 Å². The van der Waals surface area contributed by atoms with Crippen molar-refractivity contribution < 1.29 is 27.4 Å². The fourth-order valence-electron chi connectivity index (χ4n) is 3.81. The molecule has 3 atom stereocenters. The van der Waals surface area contributed by atoms with Crippen molar-refractivity contribution in [2.24, 2.45) is 5.92 Å². The van der Waals surface area contributed by atoms with E-state index in [1.165, 1.54) is 0 Å². The summed E-state index contributed by atoms with van der Waals surface area (Å²) in [5.41, 5.74) is 1.08. The van der Waals surface area contributed by atoms with E-state index in [4.69, 9.17) is 9.47 Å². The Balaban J connectivity index is 1.56. The summed E-state index contributed by atoms with van der Waals surface area (Å²) in [6, 6.07) is 17.2. The highest BCUT2D eigenvalue weighted by Crippen LogP contribution is 2.43. The van der Waals surface area contributed by atoms with E-state index >= 15 is 0 Å². The minimum atomic E-state index is -4.54. The van der Waals surface area contributed by atoms with Gasteiger partial charge in [0.05, 0.1) is 0 Å². The highest BCUT2D eigenvalue weighted by atomic mass is 32.1. The summed E-state index contributed by atoms with van der Waals surface area (Å²) >= 11 is 1.56. The summed E-state index contributed by atoms with van der Waals surface area (Å²) in [6.45, 7) is 3.24. The number of ether oxygens (including phenoxy) is 2. The number of carbonyl (C=O) groups is 1. The van der Waals surface area contributed by atoms with Gasteiger partial charge in [-0.25, -0.2) is 4.79 Å². The summed E-state index contributed by atoms with van der Waals surface area (Å²) in [4.78, 5) is 12.5. The molecule has 0 bridgehead atoms. The van der Waals surface area contributed by atoms with E-state index in [0.29, 0.717) is 5.75 Å². The summed E-state index contributed by atoms with van der Waals surface area (Å²) in [5.74, 6) is -2.36. The van der Waals surface area contributed by atoms with E-state index in [9.17, 15) is 18.0 Å². The minimum Gasteiger partial charge on any atom is -0.490 e. The standard InChI is InChI=1S/C23H19F3O3S/c1-2-21(27)29-18-11-10-17(22(18)23(24,25)26)28-16-9-8-15-12-19(30-20(15)13-16)14-6-4-3-5-7-14/h2-9,12-13,17-18,22H,1,10-11H2. The van der Waals surface area contributed by atoms with Crippen LogP contribution in [0, 0.1) is 5.92 Å². The van der Waals surface area contributed by atoms with E-state index < -0.39 is 30.3 Å². The number of fused-ring (bicyclic) bond motifs is 1. The maximum Gasteiger partial charge on any atom is 0.398 e. The molecule has 30 heavy (non-hydrogen) atoms. The zero-order valence-electron chi connectivity index (χ0n) is 15.9. The van der Waals surface area contributed by atoms with Crippen molar-refractivity contribution in [3.05, 3.63) is 67.3 Å². The average Bonchev–Trinajstić information content (AvgIpc) is 3.32. The van der Waals surface area contributed by atoms with Crippen LogP contribution in [0.3, 0.4) is 0 Å². The predicted molar refractivity (Wildman–Crippen MR) is 111 cm³/mol. The molecule has 1 aromatic heterocycles. The van der Waals surface area contributed by atoms with Gasteiger partial charge in [-0.15, -0.1) is 11.3 Å². The lowest BCUT2D eigenvalue weighted by molar-refractivity contribution is -0.214. The van der Waals surface area contributed by atoms with Crippen LogP contribution in [-0.2, 0) is 9.53 Å². The number of esters is 1.